The Labute approximate surface area is 120 Å². The van der Waals surface area contributed by atoms with E-state index in [1.54, 1.807) is 6.20 Å². The Kier molecular flexibility index (Phi) is 3.44. The molecule has 0 aromatic carbocycles. The largest absolute Gasteiger partial charge is 0.389 e. The number of pyridine rings is 1. The highest BCUT2D eigenvalue weighted by Crippen LogP contribution is 2.49. The summed E-state index contributed by atoms with van der Waals surface area (Å²) < 4.78 is 0. The number of fused-ring (bicyclic) bond motifs is 2. The molecule has 0 saturated heterocycles. The quantitative estimate of drug-likeness (QED) is 0.830. The third kappa shape index (κ3) is 2.59. The van der Waals surface area contributed by atoms with E-state index in [1.165, 1.54) is 25.7 Å². The molecule has 3 rings (SSSR count). The van der Waals surface area contributed by atoms with Gasteiger partial charge in [0, 0.05) is 17.8 Å². The zero-order chi connectivity index (χ0) is 13.4. The van der Waals surface area contributed by atoms with E-state index in [4.69, 9.17) is 18.0 Å². The van der Waals surface area contributed by atoms with Gasteiger partial charge in [0.05, 0.1) is 0 Å². The number of thiocarbonyl (C=S) groups is 1. The number of anilines is 1. The van der Waals surface area contributed by atoms with Gasteiger partial charge in [-0.15, -0.1) is 0 Å². The molecule has 2 fully saturated rings. The van der Waals surface area contributed by atoms with Crippen molar-refractivity contribution in [2.75, 3.05) is 5.32 Å². The summed E-state index contributed by atoms with van der Waals surface area (Å²) >= 11 is 5.01. The van der Waals surface area contributed by atoms with Crippen molar-refractivity contribution in [1.82, 2.24) is 4.98 Å². The van der Waals surface area contributed by atoms with Gasteiger partial charge in [-0.1, -0.05) is 18.6 Å². The zero-order valence-corrected chi connectivity index (χ0v) is 12.1. The molecule has 2 saturated carbocycles. The summed E-state index contributed by atoms with van der Waals surface area (Å²) in [6.45, 7) is 2.28. The Bertz CT molecular complexity index is 488. The van der Waals surface area contributed by atoms with Crippen molar-refractivity contribution in [2.24, 2.45) is 23.5 Å². The summed E-state index contributed by atoms with van der Waals surface area (Å²) in [5.74, 6) is 3.59. The fraction of sp³-hybridized carbons (Fsp3) is 0.600. The number of nitrogens with zero attached hydrogens (tertiary/aromatic N) is 1. The predicted molar refractivity (Wildman–Crippen MR) is 82.1 cm³/mol. The minimum atomic E-state index is 0.429. The number of nitrogens with one attached hydrogen (secondary N) is 1. The highest BCUT2D eigenvalue weighted by molar-refractivity contribution is 7.80. The number of aromatic nitrogens is 1. The van der Waals surface area contributed by atoms with Gasteiger partial charge in [0.15, 0.2) is 0 Å². The minimum absolute atomic E-state index is 0.429. The lowest BCUT2D eigenvalue weighted by Crippen LogP contribution is -2.30. The summed E-state index contributed by atoms with van der Waals surface area (Å²) in [6.07, 6.45) is 7.46. The van der Waals surface area contributed by atoms with E-state index in [-0.39, 0.29) is 0 Å². The molecule has 0 amide bonds. The summed E-state index contributed by atoms with van der Waals surface area (Å²) in [6, 6.07) is 4.28. The first-order valence-electron chi connectivity index (χ1n) is 7.16. The zero-order valence-electron chi connectivity index (χ0n) is 11.3. The Morgan fingerprint density at radius 2 is 2.32 bits per heavy atom. The minimum Gasteiger partial charge on any atom is -0.389 e. The summed E-state index contributed by atoms with van der Waals surface area (Å²) in [4.78, 5) is 4.80. The molecule has 0 aliphatic heterocycles. The molecule has 2 aliphatic rings. The molecule has 2 aliphatic carbocycles. The molecule has 1 aromatic heterocycles. The van der Waals surface area contributed by atoms with Gasteiger partial charge < -0.3 is 11.1 Å². The van der Waals surface area contributed by atoms with Gasteiger partial charge in [-0.3, -0.25) is 0 Å². The third-order valence-electron chi connectivity index (χ3n) is 4.86. The average molecular weight is 275 g/mol. The molecule has 4 unspecified atom stereocenters. The van der Waals surface area contributed by atoms with E-state index in [1.807, 2.05) is 12.1 Å². The topological polar surface area (TPSA) is 50.9 Å². The van der Waals surface area contributed by atoms with E-state index >= 15 is 0 Å². The lowest BCUT2D eigenvalue weighted by molar-refractivity contribution is 0.304. The molecule has 102 valence electrons. The van der Waals surface area contributed by atoms with Crippen LogP contribution in [0.15, 0.2) is 18.3 Å². The van der Waals surface area contributed by atoms with Gasteiger partial charge >= 0.3 is 0 Å². The van der Waals surface area contributed by atoms with Crippen LogP contribution >= 0.6 is 12.2 Å². The molecule has 0 radical (unpaired) electrons. The van der Waals surface area contributed by atoms with Crippen LogP contribution in [0.2, 0.25) is 0 Å². The van der Waals surface area contributed by atoms with Crippen molar-refractivity contribution >= 4 is 23.0 Å². The summed E-state index contributed by atoms with van der Waals surface area (Å²) in [5, 5.41) is 3.54. The second kappa shape index (κ2) is 5.08. The highest BCUT2D eigenvalue weighted by Gasteiger charge is 2.41. The van der Waals surface area contributed by atoms with Crippen molar-refractivity contribution in [3.05, 3.63) is 23.9 Å². The van der Waals surface area contributed by atoms with Crippen LogP contribution in [0.4, 0.5) is 5.82 Å². The maximum absolute atomic E-state index is 5.66. The van der Waals surface area contributed by atoms with Crippen LogP contribution in [-0.4, -0.2) is 16.0 Å². The van der Waals surface area contributed by atoms with Crippen molar-refractivity contribution in [3.63, 3.8) is 0 Å². The van der Waals surface area contributed by atoms with Crippen LogP contribution in [0.1, 0.15) is 38.2 Å². The van der Waals surface area contributed by atoms with Crippen LogP contribution in [-0.2, 0) is 0 Å². The van der Waals surface area contributed by atoms with E-state index < -0.39 is 0 Å². The molecule has 0 spiro atoms. The summed E-state index contributed by atoms with van der Waals surface area (Å²) in [5.41, 5.74) is 6.54. The number of hydrogen-bond donors (Lipinski definition) is 2. The van der Waals surface area contributed by atoms with Gasteiger partial charge in [-0.25, -0.2) is 4.98 Å². The van der Waals surface area contributed by atoms with Crippen molar-refractivity contribution in [1.29, 1.82) is 0 Å². The normalized spacial score (nSPS) is 30.3. The van der Waals surface area contributed by atoms with E-state index in [2.05, 4.69) is 17.2 Å². The molecule has 1 heterocycles. The number of rotatable bonds is 4. The average Bonchev–Trinajstić information content (AvgIpc) is 3.01. The maximum atomic E-state index is 5.66. The molecule has 2 bridgehead atoms. The maximum Gasteiger partial charge on any atom is 0.126 e. The molecular formula is C15H21N3S. The monoisotopic (exact) mass is 275 g/mol. The Morgan fingerprint density at radius 3 is 2.95 bits per heavy atom. The first-order chi connectivity index (χ1) is 9.13. The molecule has 1 aromatic rings. The van der Waals surface area contributed by atoms with Gasteiger partial charge in [-0.05, 0) is 56.1 Å². The number of hydrogen-bond acceptors (Lipinski definition) is 3. The van der Waals surface area contributed by atoms with Crippen LogP contribution in [0.3, 0.4) is 0 Å². The van der Waals surface area contributed by atoms with Crippen LogP contribution < -0.4 is 11.1 Å². The van der Waals surface area contributed by atoms with E-state index in [9.17, 15) is 0 Å². The number of nitrogens with two attached hydrogens (primary N) is 1. The van der Waals surface area contributed by atoms with E-state index in [0.29, 0.717) is 11.0 Å². The first kappa shape index (κ1) is 12.9. The fourth-order valence-corrected chi connectivity index (χ4v) is 4.04. The van der Waals surface area contributed by atoms with Crippen LogP contribution in [0.25, 0.3) is 0 Å². The second-order valence-corrected chi connectivity index (χ2v) is 6.51. The standard InChI is InChI=1S/C15H21N3S/c1-9(13-7-10-2-3-11(13)6-10)18-14-8-12(15(16)19)4-5-17-14/h4-5,8-11,13H,2-3,6-7H2,1H3,(H2,16,19)(H,17,18). The third-order valence-corrected chi connectivity index (χ3v) is 5.09. The summed E-state index contributed by atoms with van der Waals surface area (Å²) in [7, 11) is 0. The van der Waals surface area contributed by atoms with Gasteiger partial charge in [0.25, 0.3) is 0 Å². The smallest absolute Gasteiger partial charge is 0.126 e. The van der Waals surface area contributed by atoms with E-state index in [0.717, 1.165) is 29.1 Å². The molecule has 3 nitrogen and oxygen atoms in total. The molecule has 3 N–H and O–H groups in total. The van der Waals surface area contributed by atoms with Crippen LogP contribution in [0.5, 0.6) is 0 Å². The molecule has 19 heavy (non-hydrogen) atoms. The lowest BCUT2D eigenvalue weighted by Gasteiger charge is -2.29. The Hall–Kier alpha value is -1.16. The Balaban J connectivity index is 1.67. The fourth-order valence-electron chi connectivity index (χ4n) is 3.91. The highest BCUT2D eigenvalue weighted by atomic mass is 32.1. The molecular weight excluding hydrogens is 254 g/mol. The molecule has 4 heteroatoms. The predicted octanol–water partition coefficient (Wildman–Crippen LogP) is 2.95. The Morgan fingerprint density at radius 1 is 1.47 bits per heavy atom. The van der Waals surface area contributed by atoms with Gasteiger partial charge in [0.1, 0.15) is 10.8 Å². The first-order valence-corrected chi connectivity index (χ1v) is 7.56. The van der Waals surface area contributed by atoms with Crippen LogP contribution in [0, 0.1) is 17.8 Å². The van der Waals surface area contributed by atoms with Crippen molar-refractivity contribution in [3.8, 4) is 0 Å². The van der Waals surface area contributed by atoms with Crippen molar-refractivity contribution in [2.45, 2.75) is 38.6 Å². The van der Waals surface area contributed by atoms with Crippen molar-refractivity contribution < 1.29 is 0 Å². The SMILES string of the molecule is CC(Nc1cc(C(N)=S)ccn1)C1CC2CCC1C2. The van der Waals surface area contributed by atoms with Gasteiger partial charge in [0.2, 0.25) is 0 Å². The lowest BCUT2D eigenvalue weighted by atomic mass is 9.84. The molecule has 4 atom stereocenters. The van der Waals surface area contributed by atoms with Gasteiger partial charge in [-0.2, -0.15) is 0 Å². The second-order valence-electron chi connectivity index (χ2n) is 6.07.